The van der Waals surface area contributed by atoms with Crippen molar-refractivity contribution >= 4 is 11.9 Å². The minimum atomic E-state index is -1.21. The van der Waals surface area contributed by atoms with E-state index in [1.807, 2.05) is 0 Å². The molecule has 0 N–H and O–H groups in total. The van der Waals surface area contributed by atoms with Crippen LogP contribution in [0.3, 0.4) is 0 Å². The summed E-state index contributed by atoms with van der Waals surface area (Å²) >= 11 is 0. The minimum Gasteiger partial charge on any atom is -0.550 e. The molecule has 106 valence electrons. The fraction of sp³-hybridized carbons (Fsp3) is 0.857. The van der Waals surface area contributed by atoms with Gasteiger partial charge in [-0.1, -0.05) is 51.9 Å². The Morgan fingerprint density at radius 3 is 1.95 bits per heavy atom. The maximum atomic E-state index is 11.0. The Bertz CT molecular complexity index is 231. The van der Waals surface area contributed by atoms with E-state index in [1.165, 1.54) is 38.5 Å². The van der Waals surface area contributed by atoms with Crippen LogP contribution in [0.2, 0.25) is 0 Å². The van der Waals surface area contributed by atoms with Gasteiger partial charge in [-0.25, -0.2) is 0 Å². The summed E-state index contributed by atoms with van der Waals surface area (Å²) in [6.07, 6.45) is 9.21. The van der Waals surface area contributed by atoms with Crippen molar-refractivity contribution < 1.29 is 70.8 Å². The number of ether oxygens (including phenoxy) is 1. The van der Waals surface area contributed by atoms with E-state index in [0.29, 0.717) is 6.61 Å². The van der Waals surface area contributed by atoms with E-state index >= 15 is 0 Å². The summed E-state index contributed by atoms with van der Waals surface area (Å²) in [5.41, 5.74) is 0. The zero-order valence-electron chi connectivity index (χ0n) is 12.4. The second-order valence-electron chi connectivity index (χ2n) is 4.57. The van der Waals surface area contributed by atoms with Gasteiger partial charge in [0.2, 0.25) is 0 Å². The summed E-state index contributed by atoms with van der Waals surface area (Å²) in [4.78, 5) is 21.1. The van der Waals surface area contributed by atoms with Gasteiger partial charge in [-0.3, -0.25) is 4.79 Å². The SMILES string of the molecule is CCCCCCCCCCOC(=O)CCC(=O)[O-].[K+]. The first-order valence-electron chi connectivity index (χ1n) is 7.02. The molecule has 0 rings (SSSR count). The second-order valence-corrected chi connectivity index (χ2v) is 4.57. The first-order chi connectivity index (χ1) is 8.66. The van der Waals surface area contributed by atoms with Crippen molar-refractivity contribution in [1.82, 2.24) is 0 Å². The zero-order valence-corrected chi connectivity index (χ0v) is 15.5. The number of unbranched alkanes of at least 4 members (excludes halogenated alkanes) is 7. The van der Waals surface area contributed by atoms with Crippen LogP contribution in [0.5, 0.6) is 0 Å². The van der Waals surface area contributed by atoms with Crippen LogP contribution in [0.4, 0.5) is 0 Å². The van der Waals surface area contributed by atoms with Gasteiger partial charge in [0.25, 0.3) is 0 Å². The number of carbonyl (C=O) groups excluding carboxylic acids is 2. The molecule has 0 bridgehead atoms. The average Bonchev–Trinajstić information content (AvgIpc) is 2.34. The van der Waals surface area contributed by atoms with Crippen LogP contribution in [0.25, 0.3) is 0 Å². The topological polar surface area (TPSA) is 66.4 Å². The molecule has 0 saturated carbocycles. The molecule has 0 aromatic rings. The molecule has 0 amide bonds. The third-order valence-corrected chi connectivity index (χ3v) is 2.79. The Morgan fingerprint density at radius 1 is 0.895 bits per heavy atom. The molecule has 0 aliphatic rings. The van der Waals surface area contributed by atoms with Gasteiger partial charge in [-0.2, -0.15) is 0 Å². The summed E-state index contributed by atoms with van der Waals surface area (Å²) in [6.45, 7) is 2.61. The van der Waals surface area contributed by atoms with Gasteiger partial charge in [0.15, 0.2) is 0 Å². The van der Waals surface area contributed by atoms with Crippen molar-refractivity contribution in [2.24, 2.45) is 0 Å². The van der Waals surface area contributed by atoms with E-state index in [-0.39, 0.29) is 64.2 Å². The normalized spacial score (nSPS) is 9.74. The van der Waals surface area contributed by atoms with E-state index < -0.39 is 11.9 Å². The van der Waals surface area contributed by atoms with Gasteiger partial charge < -0.3 is 14.6 Å². The van der Waals surface area contributed by atoms with Crippen molar-refractivity contribution in [3.63, 3.8) is 0 Å². The van der Waals surface area contributed by atoms with Gasteiger partial charge in [0.1, 0.15) is 0 Å². The van der Waals surface area contributed by atoms with Crippen molar-refractivity contribution in [3.8, 4) is 0 Å². The molecule has 0 aromatic heterocycles. The molecule has 0 fully saturated rings. The molecular weight excluding hydrogens is 271 g/mol. The standard InChI is InChI=1S/C14H26O4.K/c1-2-3-4-5-6-7-8-9-12-18-14(17)11-10-13(15)16;/h2-12H2,1H3,(H,15,16);/q;+1/p-1. The molecule has 0 unspecified atom stereocenters. The number of carboxylic acid groups (broad SMARTS) is 1. The van der Waals surface area contributed by atoms with Crippen molar-refractivity contribution in [1.29, 1.82) is 0 Å². The van der Waals surface area contributed by atoms with E-state index in [1.54, 1.807) is 0 Å². The fourth-order valence-corrected chi connectivity index (χ4v) is 1.70. The number of rotatable bonds is 12. The van der Waals surface area contributed by atoms with Crippen LogP contribution in [0, 0.1) is 0 Å². The van der Waals surface area contributed by atoms with Gasteiger partial charge in [-0.05, 0) is 12.8 Å². The van der Waals surface area contributed by atoms with Crippen LogP contribution in [0.15, 0.2) is 0 Å². The largest absolute Gasteiger partial charge is 1.00 e. The Kier molecular flexibility index (Phi) is 19.1. The monoisotopic (exact) mass is 296 g/mol. The Balaban J connectivity index is 0. The number of hydrogen-bond donors (Lipinski definition) is 0. The maximum absolute atomic E-state index is 11.0. The zero-order chi connectivity index (χ0) is 13.6. The summed E-state index contributed by atoms with van der Waals surface area (Å²) in [7, 11) is 0. The van der Waals surface area contributed by atoms with E-state index in [2.05, 4.69) is 6.92 Å². The van der Waals surface area contributed by atoms with Crippen LogP contribution in [-0.4, -0.2) is 18.5 Å². The summed E-state index contributed by atoms with van der Waals surface area (Å²) in [5, 5.41) is 10.1. The minimum absolute atomic E-state index is 0. The summed E-state index contributed by atoms with van der Waals surface area (Å²) in [6, 6.07) is 0. The maximum Gasteiger partial charge on any atom is 1.00 e. The van der Waals surface area contributed by atoms with Crippen LogP contribution in [0.1, 0.15) is 71.1 Å². The molecule has 0 saturated heterocycles. The molecule has 5 heteroatoms. The molecular formula is C14H25KO4. The van der Waals surface area contributed by atoms with Gasteiger partial charge >= 0.3 is 57.4 Å². The smallest absolute Gasteiger partial charge is 0.550 e. The van der Waals surface area contributed by atoms with Crippen LogP contribution < -0.4 is 56.5 Å². The van der Waals surface area contributed by atoms with E-state index in [9.17, 15) is 14.7 Å². The predicted octanol–water partition coefficient (Wildman–Crippen LogP) is -0.796. The van der Waals surface area contributed by atoms with Crippen molar-refractivity contribution in [2.75, 3.05) is 6.61 Å². The molecule has 0 aromatic carbocycles. The van der Waals surface area contributed by atoms with Gasteiger partial charge in [0.05, 0.1) is 13.0 Å². The van der Waals surface area contributed by atoms with E-state index in [4.69, 9.17) is 4.74 Å². The molecule has 0 atom stereocenters. The molecule has 0 heterocycles. The first kappa shape index (κ1) is 21.9. The molecule has 0 radical (unpaired) electrons. The van der Waals surface area contributed by atoms with Crippen LogP contribution >= 0.6 is 0 Å². The third-order valence-electron chi connectivity index (χ3n) is 2.79. The quantitative estimate of drug-likeness (QED) is 0.269. The van der Waals surface area contributed by atoms with Crippen molar-refractivity contribution in [2.45, 2.75) is 71.1 Å². The van der Waals surface area contributed by atoms with E-state index in [0.717, 1.165) is 12.8 Å². The summed E-state index contributed by atoms with van der Waals surface area (Å²) < 4.78 is 4.91. The fourth-order valence-electron chi connectivity index (χ4n) is 1.70. The molecule has 19 heavy (non-hydrogen) atoms. The summed E-state index contributed by atoms with van der Waals surface area (Å²) in [5.74, 6) is -1.65. The Morgan fingerprint density at radius 2 is 1.42 bits per heavy atom. The molecule has 0 aliphatic carbocycles. The number of carbonyl (C=O) groups is 2. The molecule has 0 spiro atoms. The average molecular weight is 296 g/mol. The number of esters is 1. The van der Waals surface area contributed by atoms with Crippen molar-refractivity contribution in [3.05, 3.63) is 0 Å². The van der Waals surface area contributed by atoms with Crippen LogP contribution in [-0.2, 0) is 14.3 Å². The Labute approximate surface area is 159 Å². The predicted molar refractivity (Wildman–Crippen MR) is 67.8 cm³/mol. The molecule has 4 nitrogen and oxygen atoms in total. The number of hydrogen-bond acceptors (Lipinski definition) is 4. The Hall–Kier alpha value is 0.576. The number of carboxylic acids is 1. The first-order valence-corrected chi connectivity index (χ1v) is 7.02. The number of aliphatic carboxylic acids is 1. The second kappa shape index (κ2) is 16.6. The third kappa shape index (κ3) is 18.6. The van der Waals surface area contributed by atoms with Gasteiger partial charge in [-0.15, -0.1) is 0 Å². The van der Waals surface area contributed by atoms with Gasteiger partial charge in [0, 0.05) is 5.97 Å². The molecule has 0 aliphatic heterocycles.